The van der Waals surface area contributed by atoms with E-state index in [1.165, 1.54) is 11.3 Å². The monoisotopic (exact) mass is 328 g/mol. The van der Waals surface area contributed by atoms with Crippen LogP contribution in [0.15, 0.2) is 30.5 Å². The average Bonchev–Trinajstić information content (AvgIpc) is 3.02. The van der Waals surface area contributed by atoms with Crippen molar-refractivity contribution < 1.29 is 14.3 Å². The van der Waals surface area contributed by atoms with Crippen LogP contribution in [0.25, 0.3) is 0 Å². The molecular weight excluding hydrogens is 304 g/mol. The maximum Gasteiger partial charge on any atom is 0.223 e. The topological polar surface area (TPSA) is 43.7 Å². The molecule has 0 saturated carbocycles. The number of ether oxygens (including phenoxy) is 2. The van der Waals surface area contributed by atoms with Crippen molar-refractivity contribution in [1.29, 1.82) is 0 Å². The molecule has 2 heterocycles. The van der Waals surface area contributed by atoms with E-state index in [9.17, 15) is 4.79 Å². The van der Waals surface area contributed by atoms with Gasteiger partial charge in [-0.1, -0.05) is 0 Å². The van der Waals surface area contributed by atoms with Gasteiger partial charge < -0.3 is 18.9 Å². The largest absolute Gasteiger partial charge is 0.493 e. The summed E-state index contributed by atoms with van der Waals surface area (Å²) in [4.78, 5) is 14.5. The second kappa shape index (κ2) is 6.99. The molecule has 0 N–H and O–H groups in total. The molecule has 128 valence electrons. The molecule has 0 aliphatic carbocycles. The first-order valence-electron chi connectivity index (χ1n) is 8.24. The summed E-state index contributed by atoms with van der Waals surface area (Å²) in [5, 5.41) is 0. The third-order valence-corrected chi connectivity index (χ3v) is 4.72. The standard InChI is InChI=1S/C19H24N2O3/c1-20-9-4-5-16(20)6-7-19(22)21-10-8-14-11-17(23-2)18(24-3)12-15(14)13-21/h4-5,9,11-12H,6-8,10,13H2,1-3H3. The van der Waals surface area contributed by atoms with Gasteiger partial charge in [0.1, 0.15) is 0 Å². The molecule has 0 fully saturated rings. The number of fused-ring (bicyclic) bond motifs is 1. The van der Waals surface area contributed by atoms with Gasteiger partial charge in [0.25, 0.3) is 0 Å². The second-order valence-corrected chi connectivity index (χ2v) is 6.15. The number of benzene rings is 1. The Balaban J connectivity index is 1.67. The average molecular weight is 328 g/mol. The van der Waals surface area contributed by atoms with Gasteiger partial charge in [0, 0.05) is 38.4 Å². The van der Waals surface area contributed by atoms with Gasteiger partial charge >= 0.3 is 0 Å². The smallest absolute Gasteiger partial charge is 0.223 e. The molecule has 24 heavy (non-hydrogen) atoms. The minimum Gasteiger partial charge on any atom is -0.493 e. The molecule has 0 radical (unpaired) electrons. The fourth-order valence-electron chi connectivity index (χ4n) is 3.25. The number of carbonyl (C=O) groups excluding carboxylic acids is 1. The minimum atomic E-state index is 0.205. The molecule has 1 amide bonds. The molecule has 1 aromatic carbocycles. The highest BCUT2D eigenvalue weighted by Crippen LogP contribution is 2.33. The lowest BCUT2D eigenvalue weighted by Crippen LogP contribution is -2.36. The number of methoxy groups -OCH3 is 2. The highest BCUT2D eigenvalue weighted by atomic mass is 16.5. The first kappa shape index (κ1) is 16.4. The van der Waals surface area contributed by atoms with Gasteiger partial charge in [-0.3, -0.25) is 4.79 Å². The fraction of sp³-hybridized carbons (Fsp3) is 0.421. The fourth-order valence-corrected chi connectivity index (χ4v) is 3.25. The molecule has 0 atom stereocenters. The third kappa shape index (κ3) is 3.25. The van der Waals surface area contributed by atoms with E-state index in [1.54, 1.807) is 14.2 Å². The third-order valence-electron chi connectivity index (χ3n) is 4.72. The van der Waals surface area contributed by atoms with E-state index >= 15 is 0 Å². The summed E-state index contributed by atoms with van der Waals surface area (Å²) in [6.07, 6.45) is 4.18. The molecule has 0 unspecified atom stereocenters. The molecule has 5 nitrogen and oxygen atoms in total. The van der Waals surface area contributed by atoms with Crippen LogP contribution in [0.3, 0.4) is 0 Å². The maximum atomic E-state index is 12.6. The zero-order valence-electron chi connectivity index (χ0n) is 14.5. The van der Waals surface area contributed by atoms with Crippen molar-refractivity contribution in [3.8, 4) is 11.5 Å². The Hall–Kier alpha value is -2.43. The van der Waals surface area contributed by atoms with Crippen LogP contribution >= 0.6 is 0 Å². The molecule has 5 heteroatoms. The second-order valence-electron chi connectivity index (χ2n) is 6.15. The van der Waals surface area contributed by atoms with Gasteiger partial charge in [-0.2, -0.15) is 0 Å². The maximum absolute atomic E-state index is 12.6. The Labute approximate surface area is 142 Å². The first-order chi connectivity index (χ1) is 11.6. The molecule has 1 aliphatic rings. The van der Waals surface area contributed by atoms with Crippen LogP contribution in [0.1, 0.15) is 23.2 Å². The molecule has 1 aliphatic heterocycles. The van der Waals surface area contributed by atoms with Crippen LogP contribution in [-0.2, 0) is 31.2 Å². The highest BCUT2D eigenvalue weighted by Gasteiger charge is 2.22. The summed E-state index contributed by atoms with van der Waals surface area (Å²) in [6.45, 7) is 1.40. The highest BCUT2D eigenvalue weighted by molar-refractivity contribution is 5.76. The van der Waals surface area contributed by atoms with Crippen LogP contribution in [0.5, 0.6) is 11.5 Å². The minimum absolute atomic E-state index is 0.205. The van der Waals surface area contributed by atoms with Crippen molar-refractivity contribution in [1.82, 2.24) is 9.47 Å². The summed E-state index contributed by atoms with van der Waals surface area (Å²) < 4.78 is 12.8. The molecule has 1 aromatic heterocycles. The van der Waals surface area contributed by atoms with Crippen molar-refractivity contribution in [2.75, 3.05) is 20.8 Å². The molecule has 0 spiro atoms. The van der Waals surface area contributed by atoms with Crippen LogP contribution in [0.2, 0.25) is 0 Å². The van der Waals surface area contributed by atoms with Gasteiger partial charge in [-0.25, -0.2) is 0 Å². The Morgan fingerprint density at radius 3 is 2.50 bits per heavy atom. The Bertz CT molecular complexity index is 736. The van der Waals surface area contributed by atoms with Crippen LogP contribution in [0, 0.1) is 0 Å². The summed E-state index contributed by atoms with van der Waals surface area (Å²) in [5.74, 6) is 1.67. The van der Waals surface area contributed by atoms with Gasteiger partial charge in [-0.05, 0) is 48.2 Å². The number of rotatable bonds is 5. The number of nitrogens with zero attached hydrogens (tertiary/aromatic N) is 2. The Morgan fingerprint density at radius 2 is 1.88 bits per heavy atom. The van der Waals surface area contributed by atoms with Crippen molar-refractivity contribution in [2.45, 2.75) is 25.8 Å². The van der Waals surface area contributed by atoms with Crippen molar-refractivity contribution in [2.24, 2.45) is 7.05 Å². The van der Waals surface area contributed by atoms with E-state index in [0.29, 0.717) is 18.7 Å². The molecular formula is C19H24N2O3. The van der Waals surface area contributed by atoms with Gasteiger partial charge in [0.15, 0.2) is 11.5 Å². The molecule has 0 saturated heterocycles. The van der Waals surface area contributed by atoms with Gasteiger partial charge in [-0.15, -0.1) is 0 Å². The number of amides is 1. The number of hydrogen-bond donors (Lipinski definition) is 0. The molecule has 2 aromatic rings. The summed E-state index contributed by atoms with van der Waals surface area (Å²) in [5.41, 5.74) is 3.57. The van der Waals surface area contributed by atoms with Gasteiger partial charge in [0.05, 0.1) is 14.2 Å². The van der Waals surface area contributed by atoms with E-state index in [2.05, 4.69) is 10.6 Å². The quantitative estimate of drug-likeness (QED) is 0.847. The Morgan fingerprint density at radius 1 is 1.17 bits per heavy atom. The predicted octanol–water partition coefficient (Wildman–Crippen LogP) is 2.56. The van der Waals surface area contributed by atoms with Crippen molar-refractivity contribution in [3.05, 3.63) is 47.3 Å². The lowest BCUT2D eigenvalue weighted by molar-refractivity contribution is -0.132. The number of carbonyl (C=O) groups is 1. The van der Waals surface area contributed by atoms with E-state index in [4.69, 9.17) is 9.47 Å². The Kier molecular flexibility index (Phi) is 4.79. The summed E-state index contributed by atoms with van der Waals surface area (Å²) >= 11 is 0. The summed E-state index contributed by atoms with van der Waals surface area (Å²) in [6, 6.07) is 8.09. The summed E-state index contributed by atoms with van der Waals surface area (Å²) in [7, 11) is 5.29. The zero-order chi connectivity index (χ0) is 17.1. The lowest BCUT2D eigenvalue weighted by atomic mass is 9.98. The van der Waals surface area contributed by atoms with Crippen LogP contribution in [0.4, 0.5) is 0 Å². The SMILES string of the molecule is COc1cc2c(cc1OC)CN(C(=O)CCc1cccn1C)CC2. The number of aromatic nitrogens is 1. The van der Waals surface area contributed by atoms with E-state index in [1.807, 2.05) is 36.3 Å². The van der Waals surface area contributed by atoms with Gasteiger partial charge in [0.2, 0.25) is 5.91 Å². The van der Waals surface area contributed by atoms with E-state index < -0.39 is 0 Å². The number of hydrogen-bond acceptors (Lipinski definition) is 3. The number of aryl methyl sites for hydroxylation is 2. The zero-order valence-corrected chi connectivity index (χ0v) is 14.5. The molecule has 3 rings (SSSR count). The van der Waals surface area contributed by atoms with Crippen molar-refractivity contribution >= 4 is 5.91 Å². The van der Waals surface area contributed by atoms with E-state index in [0.717, 1.165) is 30.7 Å². The normalized spacial score (nSPS) is 13.5. The first-order valence-corrected chi connectivity index (χ1v) is 8.24. The van der Waals surface area contributed by atoms with Crippen LogP contribution < -0.4 is 9.47 Å². The lowest BCUT2D eigenvalue weighted by Gasteiger charge is -2.29. The van der Waals surface area contributed by atoms with E-state index in [-0.39, 0.29) is 5.91 Å². The predicted molar refractivity (Wildman–Crippen MR) is 92.4 cm³/mol. The van der Waals surface area contributed by atoms with Crippen LogP contribution in [-0.4, -0.2) is 36.1 Å². The molecule has 0 bridgehead atoms. The van der Waals surface area contributed by atoms with Crippen molar-refractivity contribution in [3.63, 3.8) is 0 Å².